The largest absolute Gasteiger partial charge is 1.00 e. The number of esters is 2. The minimum Gasteiger partial charge on any atom is -0.870 e. The number of aldehydes is 1. The number of carboxylic acids is 1. The number of benzene rings is 5. The van der Waals surface area contributed by atoms with Crippen LogP contribution in [-0.2, 0) is 14.3 Å². The Labute approximate surface area is 504 Å². The summed E-state index contributed by atoms with van der Waals surface area (Å²) in [6.45, 7) is 11.7. The van der Waals surface area contributed by atoms with Crippen molar-refractivity contribution in [2.24, 2.45) is 10.3 Å². The Balaban J connectivity index is 0.000000509. The zero-order chi connectivity index (χ0) is 60.4. The van der Waals surface area contributed by atoms with Gasteiger partial charge in [-0.15, -0.1) is 0 Å². The fourth-order valence-electron chi connectivity index (χ4n) is 7.20. The quantitative estimate of drug-likeness (QED) is 0.0155. The molecule has 444 valence electrons. The van der Waals surface area contributed by atoms with Gasteiger partial charge in [0.05, 0.1) is 55.0 Å². The number of aromatic carboxylic acids is 1. The van der Waals surface area contributed by atoms with Crippen molar-refractivity contribution in [3.05, 3.63) is 172 Å². The first kappa shape index (κ1) is 72.9. The minimum atomic E-state index is -1.05. The number of likely N-dealkylation sites (tertiary alicyclic amines) is 1. The second kappa shape index (κ2) is 40.2. The van der Waals surface area contributed by atoms with E-state index in [-0.39, 0.29) is 46.8 Å². The number of hydrogen-bond acceptors (Lipinski definition) is 21. The first-order valence-electron chi connectivity index (χ1n) is 25.2. The predicted octanol–water partition coefficient (Wildman–Crippen LogP) is 8.65. The molecule has 3 heterocycles. The van der Waals surface area contributed by atoms with Crippen LogP contribution >= 0.6 is 11.6 Å². The third-order valence-corrected chi connectivity index (χ3v) is 11.5. The second-order valence-corrected chi connectivity index (χ2v) is 17.0. The summed E-state index contributed by atoms with van der Waals surface area (Å²) in [6.07, 6.45) is 6.18. The van der Waals surface area contributed by atoms with Gasteiger partial charge >= 0.3 is 36.8 Å². The molecule has 8 rings (SSSR count). The fraction of sp³-hybridized carbons (Fsp3) is 0.267. The molecule has 2 aromatic heterocycles. The van der Waals surface area contributed by atoms with Crippen LogP contribution in [-0.4, -0.2) is 134 Å². The summed E-state index contributed by atoms with van der Waals surface area (Å²) in [6, 6.07) is 35.5. The molecule has 22 nitrogen and oxygen atoms in total. The fourth-order valence-corrected chi connectivity index (χ4v) is 7.32. The molecule has 0 bridgehead atoms. The van der Waals surface area contributed by atoms with Crippen LogP contribution in [0.4, 0.5) is 0 Å². The van der Waals surface area contributed by atoms with E-state index in [9.17, 15) is 19.2 Å². The average Bonchev–Trinajstić information content (AvgIpc) is 4.11. The van der Waals surface area contributed by atoms with E-state index in [4.69, 9.17) is 69.3 Å². The number of carbonyl (C=O) groups excluding carboxylic acids is 3. The number of carbonyl (C=O) groups is 4. The van der Waals surface area contributed by atoms with Crippen molar-refractivity contribution in [1.29, 1.82) is 0 Å². The molecule has 24 heteroatoms. The number of allylic oxidation sites excluding steroid dienone is 1. The second-order valence-electron chi connectivity index (χ2n) is 16.7. The third kappa shape index (κ3) is 24.2. The molecule has 1 fully saturated rings. The molecule has 0 spiro atoms. The Morgan fingerprint density at radius 2 is 1.07 bits per heavy atom. The molecule has 84 heavy (non-hydrogen) atoms. The van der Waals surface area contributed by atoms with Gasteiger partial charge in [0, 0.05) is 47.1 Å². The number of hydrogen-bond donors (Lipinski definition) is 3. The smallest absolute Gasteiger partial charge is 0.870 e. The van der Waals surface area contributed by atoms with Crippen LogP contribution in [0.25, 0.3) is 22.5 Å². The van der Waals surface area contributed by atoms with Crippen LogP contribution < -0.4 is 42.5 Å². The molecular formula is C60H69ClLiN5O17. The van der Waals surface area contributed by atoms with E-state index in [1.54, 1.807) is 147 Å². The summed E-state index contributed by atoms with van der Waals surface area (Å²) in [5.74, 6) is 2.48. The van der Waals surface area contributed by atoms with Crippen LogP contribution in [0.1, 0.15) is 87.3 Å². The molecule has 5 aromatic carbocycles. The molecule has 4 N–H and O–H groups in total. The number of nitrogens with zero attached hydrogens (tertiary/aromatic N) is 5. The molecule has 0 aliphatic carbocycles. The van der Waals surface area contributed by atoms with Crippen molar-refractivity contribution in [2.45, 2.75) is 47.5 Å². The topological polar surface area (TPSA) is 304 Å². The molecule has 1 aliphatic rings. The molecule has 0 atom stereocenters. The van der Waals surface area contributed by atoms with Gasteiger partial charge in [-0.1, -0.05) is 92.9 Å². The molecule has 0 saturated carbocycles. The molecule has 0 unspecified atom stereocenters. The van der Waals surface area contributed by atoms with Crippen molar-refractivity contribution in [2.75, 3.05) is 61.9 Å². The maximum Gasteiger partial charge on any atom is 1.00 e. The van der Waals surface area contributed by atoms with Gasteiger partial charge in [-0.25, -0.2) is 14.4 Å². The molecule has 0 radical (unpaired) electrons. The van der Waals surface area contributed by atoms with E-state index < -0.39 is 11.9 Å². The third-order valence-electron chi connectivity index (χ3n) is 11.2. The van der Waals surface area contributed by atoms with Gasteiger partial charge in [0.25, 0.3) is 0 Å². The van der Waals surface area contributed by atoms with E-state index in [1.165, 1.54) is 19.1 Å². The number of methoxy groups -OCH3 is 5. The number of carboxylic acid groups (broad SMARTS) is 1. The Kier molecular flexibility index (Phi) is 34.9. The first-order valence-corrected chi connectivity index (χ1v) is 25.6. The molecule has 7 aromatic rings. The van der Waals surface area contributed by atoms with E-state index in [0.29, 0.717) is 75.6 Å². The van der Waals surface area contributed by atoms with Gasteiger partial charge < -0.3 is 68.1 Å². The zero-order valence-electron chi connectivity index (χ0n) is 48.7. The van der Waals surface area contributed by atoms with Gasteiger partial charge in [-0.05, 0) is 114 Å². The Morgan fingerprint density at radius 3 is 1.52 bits per heavy atom. The van der Waals surface area contributed by atoms with Crippen molar-refractivity contribution >= 4 is 47.2 Å². The molecule has 1 saturated heterocycles. The summed E-state index contributed by atoms with van der Waals surface area (Å²) in [4.78, 5) is 46.5. The van der Waals surface area contributed by atoms with Crippen LogP contribution in [0, 0.1) is 13.8 Å². The van der Waals surface area contributed by atoms with E-state index in [0.717, 1.165) is 41.9 Å². The first-order chi connectivity index (χ1) is 39.5. The number of oxime groups is 2. The average molecular weight is 1170 g/mol. The van der Waals surface area contributed by atoms with Gasteiger partial charge in [0.2, 0.25) is 0 Å². The monoisotopic (exact) mass is 1170 g/mol. The molecule has 0 amide bonds. The number of halogens is 1. The number of rotatable bonds is 16. The number of ether oxygens (including phenoxy) is 7. The summed E-state index contributed by atoms with van der Waals surface area (Å²) in [5.41, 5.74) is 5.72. The Hall–Kier alpha value is -9.07. The van der Waals surface area contributed by atoms with E-state index in [1.807, 2.05) is 50.2 Å². The van der Waals surface area contributed by atoms with Gasteiger partial charge in [0.1, 0.15) is 69.1 Å². The van der Waals surface area contributed by atoms with Crippen molar-refractivity contribution in [3.8, 4) is 51.3 Å². The summed E-state index contributed by atoms with van der Waals surface area (Å²) in [7, 11) is 7.85. The van der Waals surface area contributed by atoms with Crippen molar-refractivity contribution < 1.29 is 101 Å². The zero-order valence-corrected chi connectivity index (χ0v) is 49.5. The molecule has 1 aliphatic heterocycles. The van der Waals surface area contributed by atoms with Gasteiger partial charge in [-0.2, -0.15) is 0 Å². The minimum absolute atomic E-state index is 0. The summed E-state index contributed by atoms with van der Waals surface area (Å²) >= 11 is 5.56. The maximum absolute atomic E-state index is 11.9. The van der Waals surface area contributed by atoms with Crippen LogP contribution in [0.15, 0.2) is 152 Å². The summed E-state index contributed by atoms with van der Waals surface area (Å²) in [5, 5.41) is 39.2. The van der Waals surface area contributed by atoms with E-state index in [2.05, 4.69) is 25.5 Å². The molecular weight excluding hydrogens is 1110 g/mol. The predicted molar refractivity (Wildman–Crippen MR) is 310 cm³/mol. The number of aromatic nitrogens is 2. The van der Waals surface area contributed by atoms with Gasteiger partial charge in [0.15, 0.2) is 5.17 Å². The van der Waals surface area contributed by atoms with Crippen molar-refractivity contribution in [1.82, 2.24) is 15.2 Å². The van der Waals surface area contributed by atoms with Crippen LogP contribution in [0.3, 0.4) is 0 Å². The normalized spacial score (nSPS) is 11.2. The van der Waals surface area contributed by atoms with E-state index >= 15 is 0 Å². The Morgan fingerprint density at radius 1 is 0.643 bits per heavy atom. The SMILES string of the molecule is CCOC(=O)C=C(C)N1CCCC1.CCOC(=O)c1c(-c2cccc(OC)c2)noc1C.COc1cccc(-c2noc(C)c2C(=O)O)c1.COc1cccc(/C(Cl)=N\O)c1.COc1cccc(/C=N\O)c1.COc1cccc(C=O)c1.[Li+].[OH-]. The van der Waals surface area contributed by atoms with Gasteiger partial charge in [-0.3, -0.25) is 4.79 Å². The number of aryl methyl sites for hydroxylation is 2. The maximum atomic E-state index is 11.9. The summed E-state index contributed by atoms with van der Waals surface area (Å²) < 4.78 is 44.9. The van der Waals surface area contributed by atoms with Crippen LogP contribution in [0.5, 0.6) is 28.7 Å². The van der Waals surface area contributed by atoms with Crippen molar-refractivity contribution in [3.63, 3.8) is 0 Å². The standard InChI is InChI=1S/C14H15NO4.C12H11NO4.C10H17NO2.C8H8ClNO2.C8H9NO2.C8H8O2.Li.H2O/c1-4-18-14(16)12-9(2)19-15-13(12)10-6-5-7-11(8-10)17-3;1-7-10(12(14)15)11(13-17-7)8-4-3-5-9(6-8)16-2;1-3-13-10(12)8-9(2)11-6-4-5-7-11;1-12-7-4-2-3-6(5-7)8(9)10-11;1-11-8-4-2-3-7(5-8)6-9-10;1-10-8-4-2-3-7(5-8)6-9;;/h5-8H,4H2,1-3H3;3-6H,1-2H3,(H,14,15);8H,3-7H2,1-2H3;2-5,11H,1H3;2-6,10H,1H3;2-6H,1H3;;1H2/q;;;;;;+1;/p-1/b;;;10-8+;9-6-;;;. The Bertz CT molecular complexity index is 3210. The van der Waals surface area contributed by atoms with Crippen LogP contribution in [0.2, 0.25) is 0 Å².